The molecule has 0 amide bonds. The van der Waals surface area contributed by atoms with Gasteiger partial charge in [0.25, 0.3) is 0 Å². The summed E-state index contributed by atoms with van der Waals surface area (Å²) in [7, 11) is 0. The van der Waals surface area contributed by atoms with E-state index in [2.05, 4.69) is 41.8 Å². The Kier molecular flexibility index (Phi) is 3.96. The summed E-state index contributed by atoms with van der Waals surface area (Å²) in [4.78, 5) is 13.3. The van der Waals surface area contributed by atoms with Gasteiger partial charge in [-0.25, -0.2) is 9.97 Å². The second-order valence-corrected chi connectivity index (χ2v) is 6.09. The number of rotatable bonds is 2. The highest BCUT2D eigenvalue weighted by Crippen LogP contribution is 2.26. The Bertz CT molecular complexity index is 620. The summed E-state index contributed by atoms with van der Waals surface area (Å²) in [6.45, 7) is 5.84. The van der Waals surface area contributed by atoms with Crippen LogP contribution in [-0.2, 0) is 0 Å². The maximum absolute atomic E-state index is 5.63. The number of pyridine rings is 2. The zero-order valence-corrected chi connectivity index (χ0v) is 13.5. The normalized spacial score (nSPS) is 15.3. The van der Waals surface area contributed by atoms with Crippen LogP contribution in [-0.4, -0.2) is 36.1 Å². The topological polar surface area (TPSA) is 58.3 Å². The maximum Gasteiger partial charge on any atom is 0.142 e. The average molecular weight is 348 g/mol. The Balaban J connectivity index is 1.68. The Hall–Kier alpha value is -1.82. The Morgan fingerprint density at radius 2 is 1.76 bits per heavy atom. The highest BCUT2D eigenvalue weighted by atomic mass is 79.9. The summed E-state index contributed by atoms with van der Waals surface area (Å²) < 4.78 is 1.06. The van der Waals surface area contributed by atoms with Crippen molar-refractivity contribution in [3.8, 4) is 0 Å². The Morgan fingerprint density at radius 1 is 1.05 bits per heavy atom. The molecular formula is C15H18BrN5. The summed E-state index contributed by atoms with van der Waals surface area (Å²) >= 11 is 3.61. The van der Waals surface area contributed by atoms with Crippen LogP contribution >= 0.6 is 15.9 Å². The van der Waals surface area contributed by atoms with Crippen LogP contribution in [0.25, 0.3) is 0 Å². The van der Waals surface area contributed by atoms with E-state index in [0.717, 1.165) is 47.7 Å². The fraction of sp³-hybridized carbons (Fsp3) is 0.333. The lowest BCUT2D eigenvalue weighted by Gasteiger charge is -2.37. The maximum atomic E-state index is 5.63. The number of aromatic nitrogens is 2. The molecule has 0 spiro atoms. The molecule has 0 bridgehead atoms. The third-order valence-electron chi connectivity index (χ3n) is 3.67. The van der Waals surface area contributed by atoms with Gasteiger partial charge in [-0.3, -0.25) is 0 Å². The summed E-state index contributed by atoms with van der Waals surface area (Å²) in [5.41, 5.74) is 7.92. The molecule has 0 aliphatic carbocycles. The largest absolute Gasteiger partial charge is 0.384 e. The van der Waals surface area contributed by atoms with Gasteiger partial charge in [-0.1, -0.05) is 0 Å². The van der Waals surface area contributed by atoms with Crippen LogP contribution in [0.2, 0.25) is 0 Å². The van der Waals surface area contributed by atoms with Crippen molar-refractivity contribution in [2.24, 2.45) is 0 Å². The van der Waals surface area contributed by atoms with Crippen molar-refractivity contribution in [3.05, 3.63) is 40.6 Å². The van der Waals surface area contributed by atoms with Crippen LogP contribution < -0.4 is 15.5 Å². The van der Waals surface area contributed by atoms with Gasteiger partial charge in [0.1, 0.15) is 11.6 Å². The van der Waals surface area contributed by atoms with Crippen molar-refractivity contribution in [1.82, 2.24) is 9.97 Å². The number of nitrogens with zero attached hydrogens (tertiary/aromatic N) is 4. The van der Waals surface area contributed by atoms with Gasteiger partial charge in [-0.2, -0.15) is 0 Å². The SMILES string of the molecule is Cc1cnc(N2CCN(c3ccc(N)nc3)CC2)c(Br)c1. The Morgan fingerprint density at radius 3 is 2.38 bits per heavy atom. The molecule has 1 fully saturated rings. The third-order valence-corrected chi connectivity index (χ3v) is 4.26. The van der Waals surface area contributed by atoms with E-state index in [1.807, 2.05) is 31.5 Å². The molecule has 21 heavy (non-hydrogen) atoms. The summed E-state index contributed by atoms with van der Waals surface area (Å²) in [5.74, 6) is 1.58. The monoisotopic (exact) mass is 347 g/mol. The van der Waals surface area contributed by atoms with Crippen molar-refractivity contribution >= 4 is 33.3 Å². The minimum Gasteiger partial charge on any atom is -0.384 e. The van der Waals surface area contributed by atoms with Crippen LogP contribution in [0.4, 0.5) is 17.3 Å². The lowest BCUT2D eigenvalue weighted by Crippen LogP contribution is -2.47. The molecule has 0 saturated carbocycles. The van der Waals surface area contributed by atoms with Crippen LogP contribution in [0.15, 0.2) is 35.1 Å². The van der Waals surface area contributed by atoms with E-state index in [-0.39, 0.29) is 0 Å². The molecule has 1 saturated heterocycles. The predicted octanol–water partition coefficient (Wildman–Crippen LogP) is 2.46. The Labute approximate surface area is 132 Å². The van der Waals surface area contributed by atoms with Crippen molar-refractivity contribution in [3.63, 3.8) is 0 Å². The molecule has 3 heterocycles. The molecule has 0 aromatic carbocycles. The molecule has 0 atom stereocenters. The summed E-state index contributed by atoms with van der Waals surface area (Å²) in [6.07, 6.45) is 3.75. The van der Waals surface area contributed by atoms with Crippen molar-refractivity contribution in [2.75, 3.05) is 41.7 Å². The number of hydrogen-bond acceptors (Lipinski definition) is 5. The van der Waals surface area contributed by atoms with E-state index in [9.17, 15) is 0 Å². The predicted molar refractivity (Wildman–Crippen MR) is 89.7 cm³/mol. The molecule has 2 aromatic rings. The van der Waals surface area contributed by atoms with Crippen molar-refractivity contribution < 1.29 is 0 Å². The molecular weight excluding hydrogens is 330 g/mol. The van der Waals surface area contributed by atoms with E-state index < -0.39 is 0 Å². The van der Waals surface area contributed by atoms with Crippen LogP contribution in [0.3, 0.4) is 0 Å². The standard InChI is InChI=1S/C15H18BrN5/c1-11-8-13(16)15(19-9-11)21-6-4-20(5-7-21)12-2-3-14(17)18-10-12/h2-3,8-10H,4-7H2,1H3,(H2,17,18). The van der Waals surface area contributed by atoms with E-state index in [1.54, 1.807) is 0 Å². The van der Waals surface area contributed by atoms with Gasteiger partial charge >= 0.3 is 0 Å². The van der Waals surface area contributed by atoms with Gasteiger partial charge in [-0.15, -0.1) is 0 Å². The van der Waals surface area contributed by atoms with Crippen molar-refractivity contribution in [1.29, 1.82) is 0 Å². The fourth-order valence-electron chi connectivity index (χ4n) is 2.52. The lowest BCUT2D eigenvalue weighted by atomic mass is 10.2. The minimum atomic E-state index is 0.560. The number of nitrogens with two attached hydrogens (primary N) is 1. The van der Waals surface area contributed by atoms with E-state index >= 15 is 0 Å². The molecule has 3 rings (SSSR count). The molecule has 0 unspecified atom stereocenters. The number of anilines is 3. The molecule has 2 N–H and O–H groups in total. The number of hydrogen-bond donors (Lipinski definition) is 1. The number of piperazine rings is 1. The molecule has 110 valence electrons. The number of aryl methyl sites for hydroxylation is 1. The lowest BCUT2D eigenvalue weighted by molar-refractivity contribution is 0.645. The molecule has 6 heteroatoms. The van der Waals surface area contributed by atoms with Crippen LogP contribution in [0.5, 0.6) is 0 Å². The number of nitrogen functional groups attached to an aromatic ring is 1. The van der Waals surface area contributed by atoms with Gasteiger partial charge < -0.3 is 15.5 Å². The average Bonchev–Trinajstić information content (AvgIpc) is 2.48. The fourth-order valence-corrected chi connectivity index (χ4v) is 3.23. The zero-order chi connectivity index (χ0) is 14.8. The highest BCUT2D eigenvalue weighted by Gasteiger charge is 2.20. The molecule has 5 nitrogen and oxygen atoms in total. The van der Waals surface area contributed by atoms with E-state index in [1.165, 1.54) is 0 Å². The molecule has 2 aromatic heterocycles. The molecule has 1 aliphatic heterocycles. The highest BCUT2D eigenvalue weighted by molar-refractivity contribution is 9.10. The summed E-state index contributed by atoms with van der Waals surface area (Å²) in [6, 6.07) is 5.98. The first-order valence-electron chi connectivity index (χ1n) is 6.97. The first kappa shape index (κ1) is 14.1. The third kappa shape index (κ3) is 3.10. The van der Waals surface area contributed by atoms with Crippen LogP contribution in [0, 0.1) is 6.92 Å². The van der Waals surface area contributed by atoms with Crippen molar-refractivity contribution in [2.45, 2.75) is 6.92 Å². The zero-order valence-electron chi connectivity index (χ0n) is 12.0. The summed E-state index contributed by atoms with van der Waals surface area (Å²) in [5, 5.41) is 0. The van der Waals surface area contributed by atoms with E-state index in [0.29, 0.717) is 5.82 Å². The van der Waals surface area contributed by atoms with Crippen LogP contribution in [0.1, 0.15) is 5.56 Å². The van der Waals surface area contributed by atoms with Gasteiger partial charge in [0.2, 0.25) is 0 Å². The quantitative estimate of drug-likeness (QED) is 0.904. The first-order valence-corrected chi connectivity index (χ1v) is 7.76. The first-order chi connectivity index (χ1) is 10.1. The molecule has 1 aliphatic rings. The van der Waals surface area contributed by atoms with E-state index in [4.69, 9.17) is 5.73 Å². The second-order valence-electron chi connectivity index (χ2n) is 5.23. The van der Waals surface area contributed by atoms with Gasteiger partial charge in [-0.05, 0) is 46.6 Å². The molecule has 0 radical (unpaired) electrons. The van der Waals surface area contributed by atoms with Gasteiger partial charge in [0.05, 0.1) is 16.4 Å². The number of halogens is 1. The smallest absolute Gasteiger partial charge is 0.142 e. The minimum absolute atomic E-state index is 0.560. The van der Waals surface area contributed by atoms with Gasteiger partial charge in [0, 0.05) is 32.4 Å². The van der Waals surface area contributed by atoms with Gasteiger partial charge in [0.15, 0.2) is 0 Å². The second kappa shape index (κ2) is 5.89.